The third-order valence-electron chi connectivity index (χ3n) is 5.93. The molecular formula is C21H22N4O5. The highest BCUT2D eigenvalue weighted by molar-refractivity contribution is 5.95. The predicted octanol–water partition coefficient (Wildman–Crippen LogP) is 3.17. The Kier molecular flexibility index (Phi) is 5.45. The van der Waals surface area contributed by atoms with Crippen molar-refractivity contribution in [2.45, 2.75) is 31.8 Å². The molecule has 30 heavy (non-hydrogen) atoms. The zero-order valence-electron chi connectivity index (χ0n) is 16.4. The van der Waals surface area contributed by atoms with Gasteiger partial charge in [0.2, 0.25) is 0 Å². The second kappa shape index (κ2) is 8.19. The number of nitro benzene ring substituents is 2. The molecule has 0 radical (unpaired) electrons. The maximum atomic E-state index is 13.0. The van der Waals surface area contributed by atoms with E-state index in [4.69, 9.17) is 0 Å². The van der Waals surface area contributed by atoms with Gasteiger partial charge in [-0.25, -0.2) is 0 Å². The quantitative estimate of drug-likeness (QED) is 0.566. The molecule has 0 saturated carbocycles. The van der Waals surface area contributed by atoms with Crippen LogP contribution in [-0.4, -0.2) is 51.2 Å². The lowest BCUT2D eigenvalue weighted by atomic mass is 9.95. The highest BCUT2D eigenvalue weighted by atomic mass is 16.6. The van der Waals surface area contributed by atoms with Gasteiger partial charge in [-0.05, 0) is 30.4 Å². The van der Waals surface area contributed by atoms with Crippen LogP contribution in [-0.2, 0) is 13.0 Å². The molecule has 2 aromatic carbocycles. The van der Waals surface area contributed by atoms with Crippen LogP contribution < -0.4 is 0 Å². The highest BCUT2D eigenvalue weighted by Gasteiger charge is 2.31. The number of nitrogens with zero attached hydrogens (tertiary/aromatic N) is 4. The van der Waals surface area contributed by atoms with Gasteiger partial charge in [0.1, 0.15) is 0 Å². The number of likely N-dealkylation sites (tertiary alicyclic amines) is 1. The van der Waals surface area contributed by atoms with Crippen LogP contribution in [0.4, 0.5) is 11.4 Å². The summed E-state index contributed by atoms with van der Waals surface area (Å²) in [4.78, 5) is 37.9. The van der Waals surface area contributed by atoms with E-state index in [0.717, 1.165) is 50.6 Å². The SMILES string of the molecule is O=C(c1cc([N+](=O)[O-])cc([N+](=O)[O-])c1)N1CCC[C@H](N2CCc3ccccc3C2)C1. The molecule has 4 rings (SSSR count). The van der Waals surface area contributed by atoms with Crippen molar-refractivity contribution in [1.82, 2.24) is 9.80 Å². The average molecular weight is 410 g/mol. The Morgan fingerprint density at radius 1 is 0.967 bits per heavy atom. The van der Waals surface area contributed by atoms with Gasteiger partial charge in [0.05, 0.1) is 21.5 Å². The summed E-state index contributed by atoms with van der Waals surface area (Å²) in [6.07, 6.45) is 2.77. The van der Waals surface area contributed by atoms with Crippen LogP contribution in [0.3, 0.4) is 0 Å². The monoisotopic (exact) mass is 410 g/mol. The van der Waals surface area contributed by atoms with Crippen LogP contribution >= 0.6 is 0 Å². The van der Waals surface area contributed by atoms with Crippen molar-refractivity contribution in [3.05, 3.63) is 79.4 Å². The summed E-state index contributed by atoms with van der Waals surface area (Å²) in [7, 11) is 0. The molecule has 0 unspecified atom stereocenters. The van der Waals surface area contributed by atoms with Crippen LogP contribution in [0.5, 0.6) is 0 Å². The molecule has 0 aromatic heterocycles. The van der Waals surface area contributed by atoms with E-state index in [1.807, 2.05) is 12.1 Å². The second-order valence-electron chi connectivity index (χ2n) is 7.79. The number of hydrogen-bond donors (Lipinski definition) is 0. The van der Waals surface area contributed by atoms with Gasteiger partial charge in [0.15, 0.2) is 0 Å². The minimum absolute atomic E-state index is 0.0134. The van der Waals surface area contributed by atoms with Crippen LogP contribution in [0.2, 0.25) is 0 Å². The fourth-order valence-electron chi connectivity index (χ4n) is 4.38. The smallest absolute Gasteiger partial charge is 0.277 e. The highest BCUT2D eigenvalue weighted by Crippen LogP contribution is 2.27. The minimum Gasteiger partial charge on any atom is -0.337 e. The number of piperidine rings is 1. The minimum atomic E-state index is -0.714. The van der Waals surface area contributed by atoms with E-state index in [-0.39, 0.29) is 11.6 Å². The first kappa shape index (κ1) is 20.0. The Morgan fingerprint density at radius 2 is 1.63 bits per heavy atom. The van der Waals surface area contributed by atoms with Gasteiger partial charge in [0, 0.05) is 44.4 Å². The van der Waals surface area contributed by atoms with Crippen LogP contribution in [0.15, 0.2) is 42.5 Å². The Morgan fingerprint density at radius 3 is 2.30 bits per heavy atom. The molecule has 0 bridgehead atoms. The van der Waals surface area contributed by atoms with Crippen LogP contribution in [0, 0.1) is 20.2 Å². The molecule has 0 aliphatic carbocycles. The van der Waals surface area contributed by atoms with Crippen molar-refractivity contribution >= 4 is 17.3 Å². The first-order chi connectivity index (χ1) is 14.4. The molecule has 156 valence electrons. The van der Waals surface area contributed by atoms with E-state index in [1.165, 1.54) is 11.1 Å². The first-order valence-electron chi connectivity index (χ1n) is 9.96. The van der Waals surface area contributed by atoms with Gasteiger partial charge in [-0.1, -0.05) is 24.3 Å². The Hall–Kier alpha value is -3.33. The zero-order valence-corrected chi connectivity index (χ0v) is 16.4. The Balaban J connectivity index is 1.52. The number of hydrogen-bond acceptors (Lipinski definition) is 6. The largest absolute Gasteiger partial charge is 0.337 e. The molecular weight excluding hydrogens is 388 g/mol. The van der Waals surface area contributed by atoms with Gasteiger partial charge < -0.3 is 4.90 Å². The molecule has 0 spiro atoms. The lowest BCUT2D eigenvalue weighted by Crippen LogP contribution is -2.51. The lowest BCUT2D eigenvalue weighted by molar-refractivity contribution is -0.394. The third kappa shape index (κ3) is 4.02. The summed E-state index contributed by atoms with van der Waals surface area (Å²) >= 11 is 0. The lowest BCUT2D eigenvalue weighted by Gasteiger charge is -2.41. The number of benzene rings is 2. The average Bonchev–Trinajstić information content (AvgIpc) is 2.78. The van der Waals surface area contributed by atoms with E-state index >= 15 is 0 Å². The van der Waals surface area contributed by atoms with Crippen LogP contribution in [0.1, 0.15) is 34.3 Å². The van der Waals surface area contributed by atoms with Gasteiger partial charge in [-0.2, -0.15) is 0 Å². The molecule has 0 N–H and O–H groups in total. The van der Waals surface area contributed by atoms with Crippen molar-refractivity contribution in [2.75, 3.05) is 19.6 Å². The molecule has 2 aliphatic heterocycles. The molecule has 1 amide bonds. The van der Waals surface area contributed by atoms with Crippen molar-refractivity contribution in [3.8, 4) is 0 Å². The molecule has 1 saturated heterocycles. The Labute approximate surface area is 173 Å². The summed E-state index contributed by atoms with van der Waals surface area (Å²) in [5.41, 5.74) is 1.76. The second-order valence-corrected chi connectivity index (χ2v) is 7.79. The number of amides is 1. The van der Waals surface area contributed by atoms with E-state index in [9.17, 15) is 25.0 Å². The number of rotatable bonds is 4. The number of carbonyl (C=O) groups excluding carboxylic acids is 1. The molecule has 1 fully saturated rings. The summed E-state index contributed by atoms with van der Waals surface area (Å²) in [5, 5.41) is 22.3. The number of carbonyl (C=O) groups is 1. The summed E-state index contributed by atoms with van der Waals surface area (Å²) in [5.74, 6) is -0.399. The van der Waals surface area contributed by atoms with Gasteiger partial charge in [0.25, 0.3) is 17.3 Å². The predicted molar refractivity (Wildman–Crippen MR) is 109 cm³/mol. The normalized spacial score (nSPS) is 19.2. The van der Waals surface area contributed by atoms with Gasteiger partial charge >= 0.3 is 0 Å². The standard InChI is InChI=1S/C21H22N4O5/c26-21(17-10-19(24(27)28)12-20(11-17)25(29)30)23-8-3-6-18(14-23)22-9-7-15-4-1-2-5-16(15)13-22/h1-2,4-5,10-12,18H,3,6-9,13-14H2/t18-/m0/s1. The maximum Gasteiger partial charge on any atom is 0.277 e. The van der Waals surface area contributed by atoms with Crippen molar-refractivity contribution in [3.63, 3.8) is 0 Å². The zero-order chi connectivity index (χ0) is 21.3. The van der Waals surface area contributed by atoms with Crippen molar-refractivity contribution in [2.24, 2.45) is 0 Å². The van der Waals surface area contributed by atoms with Crippen LogP contribution in [0.25, 0.3) is 0 Å². The fourth-order valence-corrected chi connectivity index (χ4v) is 4.38. The topological polar surface area (TPSA) is 110 Å². The molecule has 9 nitrogen and oxygen atoms in total. The Bertz CT molecular complexity index is 976. The van der Waals surface area contributed by atoms with E-state index in [1.54, 1.807) is 4.90 Å². The molecule has 9 heteroatoms. The summed E-state index contributed by atoms with van der Waals surface area (Å²) in [6.45, 7) is 2.81. The fraction of sp³-hybridized carbons (Fsp3) is 0.381. The van der Waals surface area contributed by atoms with Crippen molar-refractivity contribution < 1.29 is 14.6 Å². The number of nitro groups is 2. The third-order valence-corrected chi connectivity index (χ3v) is 5.93. The molecule has 2 aliphatic rings. The molecule has 2 heterocycles. The van der Waals surface area contributed by atoms with E-state index in [0.29, 0.717) is 13.1 Å². The number of non-ortho nitro benzene ring substituents is 2. The summed E-state index contributed by atoms with van der Waals surface area (Å²) < 4.78 is 0. The molecule has 1 atom stereocenters. The van der Waals surface area contributed by atoms with E-state index in [2.05, 4.69) is 17.0 Å². The van der Waals surface area contributed by atoms with E-state index < -0.39 is 27.1 Å². The van der Waals surface area contributed by atoms with Gasteiger partial charge in [-0.15, -0.1) is 0 Å². The van der Waals surface area contributed by atoms with Gasteiger partial charge in [-0.3, -0.25) is 29.9 Å². The van der Waals surface area contributed by atoms with Crippen molar-refractivity contribution in [1.29, 1.82) is 0 Å². The maximum absolute atomic E-state index is 13.0. The molecule has 2 aromatic rings. The first-order valence-corrected chi connectivity index (χ1v) is 9.96. The number of fused-ring (bicyclic) bond motifs is 1. The summed E-state index contributed by atoms with van der Waals surface area (Å²) in [6, 6.07) is 11.7.